The molecule has 0 saturated carbocycles. The number of carboxylic acids is 1. The lowest BCUT2D eigenvalue weighted by atomic mass is 10.2. The van der Waals surface area contributed by atoms with E-state index in [1.54, 1.807) is 17.8 Å². The summed E-state index contributed by atoms with van der Waals surface area (Å²) in [5.74, 6) is -1.17. The summed E-state index contributed by atoms with van der Waals surface area (Å²) in [5.41, 5.74) is 0.554. The number of para-hydroxylation sites is 1. The number of carbonyl (C=O) groups excluding carboxylic acids is 1. The molecule has 1 aromatic rings. The topological polar surface area (TPSA) is 66.8 Å². The molecule has 90 valence electrons. The summed E-state index contributed by atoms with van der Waals surface area (Å²) in [4.78, 5) is 24.5. The van der Waals surface area contributed by atoms with Gasteiger partial charge in [-0.15, -0.1) is 11.8 Å². The van der Waals surface area contributed by atoms with Crippen LogP contribution in [0.1, 0.15) is 0 Å². The van der Waals surface area contributed by atoms with Gasteiger partial charge in [0.15, 0.2) is 0 Å². The monoisotopic (exact) mass is 253 g/mol. The summed E-state index contributed by atoms with van der Waals surface area (Å²) < 4.78 is 5.17. The number of benzene rings is 1. The highest BCUT2D eigenvalue weighted by atomic mass is 32.2. The van der Waals surface area contributed by atoms with Crippen molar-refractivity contribution in [3.05, 3.63) is 18.2 Å². The van der Waals surface area contributed by atoms with Gasteiger partial charge in [0, 0.05) is 17.2 Å². The predicted molar refractivity (Wildman–Crippen MR) is 63.7 cm³/mol. The Balaban J connectivity index is 2.49. The van der Waals surface area contributed by atoms with E-state index in [4.69, 9.17) is 9.84 Å². The lowest BCUT2D eigenvalue weighted by Gasteiger charge is -2.28. The van der Waals surface area contributed by atoms with Crippen LogP contribution < -0.4 is 9.64 Å². The molecule has 17 heavy (non-hydrogen) atoms. The van der Waals surface area contributed by atoms with Gasteiger partial charge in [-0.3, -0.25) is 9.69 Å². The average Bonchev–Trinajstić information content (AvgIpc) is 2.36. The second kappa shape index (κ2) is 4.67. The van der Waals surface area contributed by atoms with E-state index < -0.39 is 11.9 Å². The van der Waals surface area contributed by atoms with Crippen molar-refractivity contribution in [2.24, 2.45) is 0 Å². The number of ether oxygens (including phenoxy) is 1. The van der Waals surface area contributed by atoms with Crippen molar-refractivity contribution in [3.63, 3.8) is 0 Å². The van der Waals surface area contributed by atoms with E-state index in [9.17, 15) is 9.59 Å². The molecule has 1 amide bonds. The highest BCUT2D eigenvalue weighted by Crippen LogP contribution is 2.41. The van der Waals surface area contributed by atoms with Gasteiger partial charge < -0.3 is 9.84 Å². The number of fused-ring (bicyclic) bond motifs is 1. The average molecular weight is 253 g/mol. The lowest BCUT2D eigenvalue weighted by Crippen LogP contribution is -2.40. The molecule has 1 aliphatic heterocycles. The van der Waals surface area contributed by atoms with Crippen LogP contribution in [0, 0.1) is 0 Å². The van der Waals surface area contributed by atoms with E-state index in [1.807, 2.05) is 12.1 Å². The molecule has 0 saturated heterocycles. The fraction of sp³-hybridized carbons (Fsp3) is 0.273. The number of aliphatic carboxylic acids is 1. The fourth-order valence-electron chi connectivity index (χ4n) is 1.73. The number of thioether (sulfide) groups is 1. The number of carbonyl (C=O) groups is 2. The third kappa shape index (κ3) is 2.08. The third-order valence-corrected chi connectivity index (χ3v) is 3.48. The Morgan fingerprint density at radius 3 is 2.88 bits per heavy atom. The van der Waals surface area contributed by atoms with Gasteiger partial charge in [-0.05, 0) is 12.1 Å². The number of hydrogen-bond donors (Lipinski definition) is 1. The van der Waals surface area contributed by atoms with Gasteiger partial charge in [-0.1, -0.05) is 6.07 Å². The maximum atomic E-state index is 11.6. The summed E-state index contributed by atoms with van der Waals surface area (Å²) in [6.45, 7) is 0.378. The fourth-order valence-corrected chi connectivity index (χ4v) is 2.74. The minimum Gasteiger partial charge on any atom is -0.495 e. The normalized spacial score (nSPS) is 14.1. The minimum absolute atomic E-state index is 0.378. The highest BCUT2D eigenvalue weighted by Gasteiger charge is 2.29. The van der Waals surface area contributed by atoms with Crippen molar-refractivity contribution in [2.45, 2.75) is 4.90 Å². The molecular weight excluding hydrogens is 242 g/mol. The van der Waals surface area contributed by atoms with Gasteiger partial charge in [0.1, 0.15) is 11.4 Å². The standard InChI is InChI=1S/C11H11NO4S/c1-16-7-3-2-4-8-9(7)12(5-6-17-8)10(13)11(14)15/h2-4H,5-6H2,1H3,(H,14,15). The summed E-state index contributed by atoms with van der Waals surface area (Å²) in [6.07, 6.45) is 0. The molecule has 0 bridgehead atoms. The molecule has 1 heterocycles. The predicted octanol–water partition coefficient (Wildman–Crippen LogP) is 1.22. The Morgan fingerprint density at radius 1 is 1.47 bits per heavy atom. The largest absolute Gasteiger partial charge is 0.495 e. The zero-order valence-corrected chi connectivity index (χ0v) is 9.99. The van der Waals surface area contributed by atoms with Gasteiger partial charge in [-0.25, -0.2) is 4.79 Å². The maximum absolute atomic E-state index is 11.6. The van der Waals surface area contributed by atoms with Crippen molar-refractivity contribution in [1.82, 2.24) is 0 Å². The molecule has 0 unspecified atom stereocenters. The molecule has 6 heteroatoms. The van der Waals surface area contributed by atoms with Crippen LogP contribution in [-0.4, -0.2) is 36.4 Å². The molecular formula is C11H11NO4S. The smallest absolute Gasteiger partial charge is 0.394 e. The number of anilines is 1. The first-order valence-electron chi connectivity index (χ1n) is 4.99. The summed E-state index contributed by atoms with van der Waals surface area (Å²) in [5, 5.41) is 8.78. The zero-order chi connectivity index (χ0) is 12.4. The first kappa shape index (κ1) is 11.8. The summed E-state index contributed by atoms with van der Waals surface area (Å²) >= 11 is 1.58. The van der Waals surface area contributed by atoms with Crippen molar-refractivity contribution < 1.29 is 19.4 Å². The Kier molecular flexibility index (Phi) is 3.23. The van der Waals surface area contributed by atoms with E-state index in [0.717, 1.165) is 4.90 Å². The molecule has 5 nitrogen and oxygen atoms in total. The first-order chi connectivity index (χ1) is 8.15. The number of methoxy groups -OCH3 is 1. The maximum Gasteiger partial charge on any atom is 0.394 e. The zero-order valence-electron chi connectivity index (χ0n) is 9.17. The second-order valence-electron chi connectivity index (χ2n) is 3.42. The van der Waals surface area contributed by atoms with Crippen LogP contribution in [0.15, 0.2) is 23.1 Å². The van der Waals surface area contributed by atoms with Crippen molar-refractivity contribution >= 4 is 29.3 Å². The Hall–Kier alpha value is -1.69. The van der Waals surface area contributed by atoms with Crippen LogP contribution in [0.25, 0.3) is 0 Å². The van der Waals surface area contributed by atoms with Gasteiger partial charge in [0.05, 0.1) is 7.11 Å². The number of rotatable bonds is 1. The summed E-state index contributed by atoms with van der Waals surface area (Å²) in [7, 11) is 1.50. The molecule has 0 atom stereocenters. The minimum atomic E-state index is -1.45. The molecule has 2 rings (SSSR count). The molecule has 1 aromatic carbocycles. The number of nitrogens with zero attached hydrogens (tertiary/aromatic N) is 1. The Morgan fingerprint density at radius 2 is 2.24 bits per heavy atom. The van der Waals surface area contributed by atoms with Crippen molar-refractivity contribution in [1.29, 1.82) is 0 Å². The first-order valence-corrected chi connectivity index (χ1v) is 5.98. The van der Waals surface area contributed by atoms with Gasteiger partial charge in [0.2, 0.25) is 0 Å². The molecule has 0 aliphatic carbocycles. The van der Waals surface area contributed by atoms with Crippen LogP contribution in [0.4, 0.5) is 5.69 Å². The Bertz CT molecular complexity index is 460. The van der Waals surface area contributed by atoms with E-state index in [-0.39, 0.29) is 0 Å². The van der Waals surface area contributed by atoms with Crippen LogP contribution >= 0.6 is 11.8 Å². The SMILES string of the molecule is COc1cccc2c1N(C(=O)C(=O)O)CCS2. The van der Waals surface area contributed by atoms with Crippen molar-refractivity contribution in [3.8, 4) is 5.75 Å². The molecule has 1 aliphatic rings. The van der Waals surface area contributed by atoms with E-state index in [0.29, 0.717) is 23.7 Å². The van der Waals surface area contributed by atoms with Crippen LogP contribution in [0.3, 0.4) is 0 Å². The van der Waals surface area contributed by atoms with Crippen LogP contribution in [-0.2, 0) is 9.59 Å². The number of amides is 1. The quantitative estimate of drug-likeness (QED) is 0.762. The van der Waals surface area contributed by atoms with E-state index >= 15 is 0 Å². The lowest BCUT2D eigenvalue weighted by molar-refractivity contribution is -0.148. The van der Waals surface area contributed by atoms with Crippen LogP contribution in [0.5, 0.6) is 5.75 Å². The third-order valence-electron chi connectivity index (χ3n) is 2.45. The molecule has 0 radical (unpaired) electrons. The second-order valence-corrected chi connectivity index (χ2v) is 4.55. The van der Waals surface area contributed by atoms with Crippen molar-refractivity contribution in [2.75, 3.05) is 24.3 Å². The molecule has 0 fully saturated rings. The number of hydrogen-bond acceptors (Lipinski definition) is 4. The Labute approximate surface area is 102 Å². The highest BCUT2D eigenvalue weighted by molar-refractivity contribution is 7.99. The van der Waals surface area contributed by atoms with Gasteiger partial charge in [0.25, 0.3) is 0 Å². The van der Waals surface area contributed by atoms with E-state index in [2.05, 4.69) is 0 Å². The van der Waals surface area contributed by atoms with E-state index in [1.165, 1.54) is 12.0 Å². The molecule has 1 N–H and O–H groups in total. The van der Waals surface area contributed by atoms with Gasteiger partial charge in [-0.2, -0.15) is 0 Å². The molecule has 0 spiro atoms. The number of carboxylic acid groups (broad SMARTS) is 1. The van der Waals surface area contributed by atoms with Gasteiger partial charge >= 0.3 is 11.9 Å². The van der Waals surface area contributed by atoms with Crippen LogP contribution in [0.2, 0.25) is 0 Å². The summed E-state index contributed by atoms with van der Waals surface area (Å²) in [6, 6.07) is 5.38. The molecule has 0 aromatic heterocycles.